The third-order valence-corrected chi connectivity index (χ3v) is 3.88. The second kappa shape index (κ2) is 7.05. The minimum Gasteiger partial charge on any atom is -0.497 e. The molecule has 4 nitrogen and oxygen atoms in total. The zero-order valence-electron chi connectivity index (χ0n) is 11.7. The summed E-state index contributed by atoms with van der Waals surface area (Å²) in [6, 6.07) is 7.15. The van der Waals surface area contributed by atoms with Crippen molar-refractivity contribution in [1.82, 2.24) is 10.3 Å². The van der Waals surface area contributed by atoms with Crippen LogP contribution in [-0.2, 0) is 6.42 Å². The van der Waals surface area contributed by atoms with E-state index in [1.165, 1.54) is 0 Å². The van der Waals surface area contributed by atoms with E-state index in [1.54, 1.807) is 30.6 Å². The SMILES string of the molecule is COc1cccc(C(=O)NCCCc2nc(C)cs2)c1. The zero-order chi connectivity index (χ0) is 14.4. The number of hydrogen-bond acceptors (Lipinski definition) is 4. The molecule has 0 saturated heterocycles. The summed E-state index contributed by atoms with van der Waals surface area (Å²) in [6.07, 6.45) is 1.79. The van der Waals surface area contributed by atoms with Gasteiger partial charge in [0.15, 0.2) is 0 Å². The number of aromatic nitrogens is 1. The van der Waals surface area contributed by atoms with E-state index in [2.05, 4.69) is 10.3 Å². The van der Waals surface area contributed by atoms with Gasteiger partial charge in [-0.1, -0.05) is 6.07 Å². The number of benzene rings is 1. The van der Waals surface area contributed by atoms with Crippen molar-refractivity contribution in [3.8, 4) is 5.75 Å². The standard InChI is InChI=1S/C15H18N2O2S/c1-11-10-20-14(17-11)7-4-8-16-15(18)12-5-3-6-13(9-12)19-2/h3,5-6,9-10H,4,7-8H2,1-2H3,(H,16,18). The molecule has 106 valence electrons. The number of ether oxygens (including phenoxy) is 1. The number of hydrogen-bond donors (Lipinski definition) is 1. The number of rotatable bonds is 6. The van der Waals surface area contributed by atoms with Gasteiger partial charge in [-0.15, -0.1) is 11.3 Å². The Kier molecular flexibility index (Phi) is 5.12. The van der Waals surface area contributed by atoms with Gasteiger partial charge >= 0.3 is 0 Å². The Morgan fingerprint density at radius 1 is 1.45 bits per heavy atom. The average molecular weight is 290 g/mol. The Morgan fingerprint density at radius 2 is 2.30 bits per heavy atom. The second-order valence-electron chi connectivity index (χ2n) is 4.47. The van der Waals surface area contributed by atoms with Gasteiger partial charge in [-0.2, -0.15) is 0 Å². The number of amides is 1. The Morgan fingerprint density at radius 3 is 3.00 bits per heavy atom. The summed E-state index contributed by atoms with van der Waals surface area (Å²) in [5.74, 6) is 0.620. The molecule has 0 aliphatic heterocycles. The molecule has 0 fully saturated rings. The molecule has 0 aliphatic carbocycles. The quantitative estimate of drug-likeness (QED) is 0.832. The van der Waals surface area contributed by atoms with Crippen molar-refractivity contribution in [2.45, 2.75) is 19.8 Å². The predicted molar refractivity (Wildman–Crippen MR) is 80.5 cm³/mol. The summed E-state index contributed by atoms with van der Waals surface area (Å²) in [5.41, 5.74) is 1.68. The van der Waals surface area contributed by atoms with Crippen LogP contribution in [0.15, 0.2) is 29.6 Å². The molecular formula is C15H18N2O2S. The Bertz CT molecular complexity index is 581. The first-order valence-corrected chi connectivity index (χ1v) is 7.40. The first kappa shape index (κ1) is 14.5. The van der Waals surface area contributed by atoms with E-state index in [0.29, 0.717) is 17.9 Å². The molecule has 0 bridgehead atoms. The number of nitrogens with zero attached hydrogens (tertiary/aromatic N) is 1. The molecule has 1 aromatic carbocycles. The van der Waals surface area contributed by atoms with Gasteiger partial charge in [0.05, 0.1) is 12.1 Å². The molecule has 0 spiro atoms. The van der Waals surface area contributed by atoms with Crippen LogP contribution < -0.4 is 10.1 Å². The van der Waals surface area contributed by atoms with E-state index < -0.39 is 0 Å². The molecule has 1 heterocycles. The lowest BCUT2D eigenvalue weighted by Crippen LogP contribution is -2.24. The van der Waals surface area contributed by atoms with E-state index in [1.807, 2.05) is 24.4 Å². The lowest BCUT2D eigenvalue weighted by molar-refractivity contribution is 0.0953. The van der Waals surface area contributed by atoms with Gasteiger partial charge < -0.3 is 10.1 Å². The lowest BCUT2D eigenvalue weighted by Gasteiger charge is -2.06. The van der Waals surface area contributed by atoms with Crippen molar-refractivity contribution < 1.29 is 9.53 Å². The number of methoxy groups -OCH3 is 1. The maximum Gasteiger partial charge on any atom is 0.251 e. The maximum atomic E-state index is 11.9. The van der Waals surface area contributed by atoms with Gasteiger partial charge in [0, 0.05) is 29.6 Å². The molecule has 0 unspecified atom stereocenters. The van der Waals surface area contributed by atoms with Crippen LogP contribution in [-0.4, -0.2) is 24.5 Å². The van der Waals surface area contributed by atoms with Crippen LogP contribution in [0.4, 0.5) is 0 Å². The third-order valence-electron chi connectivity index (χ3n) is 2.85. The van der Waals surface area contributed by atoms with Gasteiger partial charge in [-0.05, 0) is 31.5 Å². The van der Waals surface area contributed by atoms with Crippen molar-refractivity contribution >= 4 is 17.2 Å². The number of thiazole rings is 1. The van der Waals surface area contributed by atoms with Crippen LogP contribution in [0.2, 0.25) is 0 Å². The van der Waals surface area contributed by atoms with E-state index >= 15 is 0 Å². The monoisotopic (exact) mass is 290 g/mol. The summed E-state index contributed by atoms with van der Waals surface area (Å²) < 4.78 is 5.10. The van der Waals surface area contributed by atoms with Crippen molar-refractivity contribution in [3.63, 3.8) is 0 Å². The molecule has 2 aromatic rings. The maximum absolute atomic E-state index is 11.9. The lowest BCUT2D eigenvalue weighted by atomic mass is 10.2. The van der Waals surface area contributed by atoms with E-state index in [0.717, 1.165) is 23.5 Å². The average Bonchev–Trinajstić information content (AvgIpc) is 2.89. The highest BCUT2D eigenvalue weighted by Gasteiger charge is 2.06. The van der Waals surface area contributed by atoms with Crippen molar-refractivity contribution in [2.24, 2.45) is 0 Å². The van der Waals surface area contributed by atoms with Gasteiger partial charge in [0.1, 0.15) is 5.75 Å². The summed E-state index contributed by atoms with van der Waals surface area (Å²) in [6.45, 7) is 2.64. The molecule has 1 amide bonds. The number of nitrogens with one attached hydrogen (secondary N) is 1. The van der Waals surface area contributed by atoms with Crippen molar-refractivity contribution in [2.75, 3.05) is 13.7 Å². The Hall–Kier alpha value is -1.88. The molecule has 20 heavy (non-hydrogen) atoms. The molecular weight excluding hydrogens is 272 g/mol. The highest BCUT2D eigenvalue weighted by molar-refractivity contribution is 7.09. The molecule has 0 atom stereocenters. The molecule has 1 N–H and O–H groups in total. The second-order valence-corrected chi connectivity index (χ2v) is 5.42. The molecule has 2 rings (SSSR count). The zero-order valence-corrected chi connectivity index (χ0v) is 12.5. The molecule has 5 heteroatoms. The molecule has 1 aromatic heterocycles. The summed E-state index contributed by atoms with van der Waals surface area (Å²) >= 11 is 1.67. The van der Waals surface area contributed by atoms with E-state index in [4.69, 9.17) is 4.74 Å². The first-order chi connectivity index (χ1) is 9.69. The summed E-state index contributed by atoms with van der Waals surface area (Å²) in [7, 11) is 1.59. The largest absolute Gasteiger partial charge is 0.497 e. The van der Waals surface area contributed by atoms with E-state index in [9.17, 15) is 4.79 Å². The highest BCUT2D eigenvalue weighted by Crippen LogP contribution is 2.13. The van der Waals surface area contributed by atoms with E-state index in [-0.39, 0.29) is 5.91 Å². The van der Waals surface area contributed by atoms with Crippen LogP contribution in [0.25, 0.3) is 0 Å². The van der Waals surface area contributed by atoms with Crippen molar-refractivity contribution in [3.05, 3.63) is 45.9 Å². The normalized spacial score (nSPS) is 10.3. The molecule has 0 radical (unpaired) electrons. The minimum absolute atomic E-state index is 0.0702. The van der Waals surface area contributed by atoms with Gasteiger partial charge in [-0.25, -0.2) is 4.98 Å². The molecule has 0 aliphatic rings. The fraction of sp³-hybridized carbons (Fsp3) is 0.333. The smallest absolute Gasteiger partial charge is 0.251 e. The highest BCUT2D eigenvalue weighted by atomic mass is 32.1. The number of aryl methyl sites for hydroxylation is 2. The van der Waals surface area contributed by atoms with Crippen LogP contribution in [0, 0.1) is 6.92 Å². The predicted octanol–water partition coefficient (Wildman–Crippen LogP) is 2.82. The number of carbonyl (C=O) groups excluding carboxylic acids is 1. The fourth-order valence-electron chi connectivity index (χ4n) is 1.83. The topological polar surface area (TPSA) is 51.2 Å². The van der Waals surface area contributed by atoms with Gasteiger partial charge in [0.2, 0.25) is 0 Å². The van der Waals surface area contributed by atoms with Gasteiger partial charge in [-0.3, -0.25) is 4.79 Å². The van der Waals surface area contributed by atoms with Crippen LogP contribution in [0.3, 0.4) is 0 Å². The van der Waals surface area contributed by atoms with Crippen LogP contribution >= 0.6 is 11.3 Å². The van der Waals surface area contributed by atoms with Crippen LogP contribution in [0.5, 0.6) is 5.75 Å². The summed E-state index contributed by atoms with van der Waals surface area (Å²) in [5, 5.41) is 6.08. The fourth-order valence-corrected chi connectivity index (χ4v) is 2.64. The van der Waals surface area contributed by atoms with Crippen LogP contribution in [0.1, 0.15) is 27.5 Å². The minimum atomic E-state index is -0.0702. The third kappa shape index (κ3) is 4.06. The van der Waals surface area contributed by atoms with Crippen molar-refractivity contribution in [1.29, 1.82) is 0 Å². The Labute approximate surface area is 122 Å². The van der Waals surface area contributed by atoms with Gasteiger partial charge in [0.25, 0.3) is 5.91 Å². The number of carbonyl (C=O) groups is 1. The Balaban J connectivity index is 1.77. The molecule has 0 saturated carbocycles. The first-order valence-electron chi connectivity index (χ1n) is 6.52. The summed E-state index contributed by atoms with van der Waals surface area (Å²) in [4.78, 5) is 16.3.